The van der Waals surface area contributed by atoms with Gasteiger partial charge in [-0.2, -0.15) is 0 Å². The molecule has 5 nitrogen and oxygen atoms in total. The van der Waals surface area contributed by atoms with Crippen LogP contribution in [0.2, 0.25) is 0 Å². The Morgan fingerprint density at radius 2 is 2.00 bits per heavy atom. The summed E-state index contributed by atoms with van der Waals surface area (Å²) in [6.07, 6.45) is 1.08. The van der Waals surface area contributed by atoms with Gasteiger partial charge in [0.2, 0.25) is 5.89 Å². The molecule has 1 unspecified atom stereocenters. The van der Waals surface area contributed by atoms with Gasteiger partial charge in [0.15, 0.2) is 0 Å². The van der Waals surface area contributed by atoms with Crippen LogP contribution in [0.25, 0.3) is 0 Å². The predicted molar refractivity (Wildman–Crippen MR) is 79.6 cm³/mol. The van der Waals surface area contributed by atoms with Crippen LogP contribution in [0.4, 0.5) is 6.01 Å². The van der Waals surface area contributed by atoms with Gasteiger partial charge in [0, 0.05) is 13.6 Å². The summed E-state index contributed by atoms with van der Waals surface area (Å²) < 4.78 is 5.72. The van der Waals surface area contributed by atoms with Crippen LogP contribution in [0.3, 0.4) is 0 Å². The molecule has 1 aromatic carbocycles. The van der Waals surface area contributed by atoms with Crippen molar-refractivity contribution in [3.63, 3.8) is 0 Å². The van der Waals surface area contributed by atoms with Gasteiger partial charge in [-0.15, -0.1) is 5.10 Å². The summed E-state index contributed by atoms with van der Waals surface area (Å²) in [5, 5.41) is 11.6. The van der Waals surface area contributed by atoms with Crippen LogP contribution in [0, 0.1) is 0 Å². The molecule has 0 radical (unpaired) electrons. The number of nitrogens with zero attached hydrogens (tertiary/aromatic N) is 3. The first-order valence-corrected chi connectivity index (χ1v) is 7.02. The van der Waals surface area contributed by atoms with Gasteiger partial charge in [-0.1, -0.05) is 42.4 Å². The zero-order valence-electron chi connectivity index (χ0n) is 12.3. The van der Waals surface area contributed by atoms with Gasteiger partial charge in [-0.25, -0.2) is 0 Å². The first-order chi connectivity index (χ1) is 9.70. The maximum Gasteiger partial charge on any atom is 0.318 e. The molecule has 108 valence electrons. The highest BCUT2D eigenvalue weighted by Gasteiger charge is 2.15. The van der Waals surface area contributed by atoms with Crippen molar-refractivity contribution in [3.8, 4) is 0 Å². The molecule has 0 bridgehead atoms. The van der Waals surface area contributed by atoms with Crippen LogP contribution in [-0.2, 0) is 6.54 Å². The van der Waals surface area contributed by atoms with Crippen molar-refractivity contribution in [3.05, 3.63) is 41.8 Å². The van der Waals surface area contributed by atoms with E-state index in [9.17, 15) is 0 Å². The standard InChI is InChI=1S/C15H22N4O/c1-4-10-16-12(2)14-17-18-15(20-14)19(3)11-13-8-6-5-7-9-13/h5-9,12,16H,4,10-11H2,1-3H3. The fourth-order valence-corrected chi connectivity index (χ4v) is 1.93. The van der Waals surface area contributed by atoms with Crippen molar-refractivity contribution in [2.45, 2.75) is 32.9 Å². The molecule has 2 aromatic rings. The lowest BCUT2D eigenvalue weighted by Gasteiger charge is -2.14. The van der Waals surface area contributed by atoms with Crippen LogP contribution >= 0.6 is 0 Å². The summed E-state index contributed by atoms with van der Waals surface area (Å²) in [6, 6.07) is 10.9. The highest BCUT2D eigenvalue weighted by molar-refractivity contribution is 5.27. The molecule has 1 aromatic heterocycles. The quantitative estimate of drug-likeness (QED) is 0.841. The Kier molecular flexibility index (Phi) is 5.12. The van der Waals surface area contributed by atoms with Crippen molar-refractivity contribution >= 4 is 6.01 Å². The second-order valence-corrected chi connectivity index (χ2v) is 4.94. The number of nitrogens with one attached hydrogen (secondary N) is 1. The number of anilines is 1. The Morgan fingerprint density at radius 1 is 1.25 bits per heavy atom. The van der Waals surface area contributed by atoms with Gasteiger partial charge in [-0.05, 0) is 25.5 Å². The minimum Gasteiger partial charge on any atom is -0.406 e. The number of rotatable bonds is 7. The normalized spacial score (nSPS) is 12.3. The molecule has 0 amide bonds. The van der Waals surface area contributed by atoms with Gasteiger partial charge >= 0.3 is 6.01 Å². The fraction of sp³-hybridized carbons (Fsp3) is 0.467. The molecule has 1 atom stereocenters. The van der Waals surface area contributed by atoms with E-state index in [-0.39, 0.29) is 6.04 Å². The first kappa shape index (κ1) is 14.5. The van der Waals surface area contributed by atoms with Crippen LogP contribution in [0.15, 0.2) is 34.7 Å². The van der Waals surface area contributed by atoms with Gasteiger partial charge < -0.3 is 14.6 Å². The van der Waals surface area contributed by atoms with Crippen molar-refractivity contribution < 1.29 is 4.42 Å². The zero-order chi connectivity index (χ0) is 14.4. The highest BCUT2D eigenvalue weighted by Crippen LogP contribution is 2.17. The average Bonchev–Trinajstić information content (AvgIpc) is 2.96. The summed E-state index contributed by atoms with van der Waals surface area (Å²) in [5.74, 6) is 0.633. The smallest absolute Gasteiger partial charge is 0.318 e. The lowest BCUT2D eigenvalue weighted by atomic mass is 10.2. The Labute approximate surface area is 120 Å². The SMILES string of the molecule is CCCNC(C)c1nnc(N(C)Cc2ccccc2)o1. The topological polar surface area (TPSA) is 54.2 Å². The molecule has 0 saturated carbocycles. The summed E-state index contributed by atoms with van der Waals surface area (Å²) in [6.45, 7) is 5.86. The van der Waals surface area contributed by atoms with Gasteiger partial charge in [-0.3, -0.25) is 0 Å². The second-order valence-electron chi connectivity index (χ2n) is 4.94. The molecular formula is C15H22N4O. The van der Waals surface area contributed by atoms with E-state index in [0.29, 0.717) is 11.9 Å². The van der Waals surface area contributed by atoms with E-state index >= 15 is 0 Å². The molecule has 2 rings (SSSR count). The lowest BCUT2D eigenvalue weighted by molar-refractivity contribution is 0.416. The molecular weight excluding hydrogens is 252 g/mol. The van der Waals surface area contributed by atoms with E-state index in [0.717, 1.165) is 19.5 Å². The molecule has 0 saturated heterocycles. The molecule has 0 aliphatic carbocycles. The third-order valence-corrected chi connectivity index (χ3v) is 3.09. The molecule has 0 aliphatic rings. The van der Waals surface area contributed by atoms with Crippen LogP contribution in [0.5, 0.6) is 0 Å². The van der Waals surface area contributed by atoms with E-state index in [1.807, 2.05) is 37.1 Å². The molecule has 0 spiro atoms. The van der Waals surface area contributed by atoms with Crippen LogP contribution < -0.4 is 10.2 Å². The highest BCUT2D eigenvalue weighted by atomic mass is 16.4. The third-order valence-electron chi connectivity index (χ3n) is 3.09. The summed E-state index contributed by atoms with van der Waals surface area (Å²) >= 11 is 0. The van der Waals surface area contributed by atoms with Crippen LogP contribution in [-0.4, -0.2) is 23.8 Å². The Morgan fingerprint density at radius 3 is 2.70 bits per heavy atom. The monoisotopic (exact) mass is 274 g/mol. The van der Waals surface area contributed by atoms with E-state index in [1.54, 1.807) is 0 Å². The minimum atomic E-state index is 0.0846. The Bertz CT molecular complexity index is 512. The largest absolute Gasteiger partial charge is 0.406 e. The summed E-state index contributed by atoms with van der Waals surface area (Å²) in [7, 11) is 1.95. The molecule has 20 heavy (non-hydrogen) atoms. The summed E-state index contributed by atoms with van der Waals surface area (Å²) in [4.78, 5) is 1.96. The van der Waals surface area contributed by atoms with Crippen molar-refractivity contribution in [2.75, 3.05) is 18.5 Å². The van der Waals surface area contributed by atoms with E-state index in [2.05, 4.69) is 34.6 Å². The molecule has 1 heterocycles. The number of benzene rings is 1. The van der Waals surface area contributed by atoms with Gasteiger partial charge in [0.05, 0.1) is 6.04 Å². The Balaban J connectivity index is 1.97. The third kappa shape index (κ3) is 3.81. The second kappa shape index (κ2) is 7.05. The van der Waals surface area contributed by atoms with Crippen molar-refractivity contribution in [1.29, 1.82) is 0 Å². The number of aromatic nitrogens is 2. The molecule has 0 fully saturated rings. The minimum absolute atomic E-state index is 0.0846. The van der Waals surface area contributed by atoms with Crippen molar-refractivity contribution in [1.82, 2.24) is 15.5 Å². The predicted octanol–water partition coefficient (Wildman–Crippen LogP) is 2.77. The van der Waals surface area contributed by atoms with Crippen LogP contribution in [0.1, 0.15) is 37.8 Å². The van der Waals surface area contributed by atoms with E-state index in [1.165, 1.54) is 5.56 Å². The van der Waals surface area contributed by atoms with E-state index < -0.39 is 0 Å². The summed E-state index contributed by atoms with van der Waals surface area (Å²) in [5.41, 5.74) is 1.21. The van der Waals surface area contributed by atoms with E-state index in [4.69, 9.17) is 4.42 Å². The zero-order valence-corrected chi connectivity index (χ0v) is 12.3. The fourth-order valence-electron chi connectivity index (χ4n) is 1.93. The van der Waals surface area contributed by atoms with Crippen molar-refractivity contribution in [2.24, 2.45) is 0 Å². The first-order valence-electron chi connectivity index (χ1n) is 7.02. The molecule has 0 aliphatic heterocycles. The number of hydrogen-bond acceptors (Lipinski definition) is 5. The van der Waals surface area contributed by atoms with Gasteiger partial charge in [0.1, 0.15) is 0 Å². The maximum atomic E-state index is 5.72. The number of hydrogen-bond donors (Lipinski definition) is 1. The molecule has 1 N–H and O–H groups in total. The average molecular weight is 274 g/mol. The molecule has 5 heteroatoms. The Hall–Kier alpha value is -1.88. The maximum absolute atomic E-state index is 5.72. The lowest BCUT2D eigenvalue weighted by Crippen LogP contribution is -2.19. The van der Waals surface area contributed by atoms with Gasteiger partial charge in [0.25, 0.3) is 0 Å².